The second kappa shape index (κ2) is 14.2. The van der Waals surface area contributed by atoms with Crippen LogP contribution in [0.25, 0.3) is 44.5 Å². The van der Waals surface area contributed by atoms with E-state index < -0.39 is 21.5 Å². The quantitative estimate of drug-likeness (QED) is 0.140. The van der Waals surface area contributed by atoms with Gasteiger partial charge in [0.2, 0.25) is 0 Å². The van der Waals surface area contributed by atoms with Crippen LogP contribution >= 0.6 is 0 Å². The average Bonchev–Trinajstić information content (AvgIpc) is 3.50. The van der Waals surface area contributed by atoms with Crippen LogP contribution in [0.1, 0.15) is 39.9 Å². The summed E-state index contributed by atoms with van der Waals surface area (Å²) in [6, 6.07) is 33.9. The molecule has 1 N–H and O–H groups in total. The molecule has 7 aromatic rings. The third kappa shape index (κ3) is 7.33. The number of ether oxygens (including phenoxy) is 1. The predicted octanol–water partition coefficient (Wildman–Crippen LogP) is 8.85. The number of alkyl halides is 3. The Bertz CT molecular complexity index is 2590. The number of rotatable bonds is 10. The maximum atomic E-state index is 13.1. The minimum Gasteiger partial charge on any atom is -0.457 e. The maximum absolute atomic E-state index is 13.1. The molecule has 0 fully saturated rings. The van der Waals surface area contributed by atoms with E-state index in [1.165, 1.54) is 18.2 Å². The fourth-order valence-electron chi connectivity index (χ4n) is 6.14. The second-order valence-corrected chi connectivity index (χ2v) is 14.1. The molecular weight excluding hydrogens is 704 g/mol. The zero-order valence-electron chi connectivity index (χ0n) is 28.6. The van der Waals surface area contributed by atoms with Gasteiger partial charge in [0.15, 0.2) is 5.65 Å². The summed E-state index contributed by atoms with van der Waals surface area (Å²) in [6.07, 6.45) is 0.623. The molecule has 0 atom stereocenters. The molecule has 0 aliphatic carbocycles. The zero-order valence-corrected chi connectivity index (χ0v) is 29.4. The fraction of sp³-hybridized carbons (Fsp3) is 0.150. The number of aromatic nitrogens is 4. The van der Waals surface area contributed by atoms with Crippen LogP contribution < -0.4 is 4.72 Å². The lowest BCUT2D eigenvalue weighted by Gasteiger charge is -2.14. The Balaban J connectivity index is 1.12. The van der Waals surface area contributed by atoms with Crippen molar-refractivity contribution in [1.29, 1.82) is 0 Å². The molecule has 9 nitrogen and oxygen atoms in total. The van der Waals surface area contributed by atoms with Gasteiger partial charge >= 0.3 is 21.5 Å². The van der Waals surface area contributed by atoms with Crippen LogP contribution in [0.15, 0.2) is 115 Å². The van der Waals surface area contributed by atoms with Gasteiger partial charge in [0.25, 0.3) is 0 Å². The number of carbonyl (C=O) groups is 1. The summed E-state index contributed by atoms with van der Waals surface area (Å²) < 4.78 is 72.3. The Morgan fingerprint density at radius 2 is 1.55 bits per heavy atom. The van der Waals surface area contributed by atoms with E-state index in [0.717, 1.165) is 39.2 Å². The number of halogens is 3. The molecule has 0 radical (unpaired) electrons. The molecule has 7 rings (SSSR count). The molecule has 0 aliphatic rings. The third-order valence-corrected chi connectivity index (χ3v) is 9.84. The number of imidazole rings is 1. The van der Waals surface area contributed by atoms with E-state index >= 15 is 0 Å². The lowest BCUT2D eigenvalue weighted by atomic mass is 10.0. The molecule has 3 aromatic heterocycles. The first kappa shape index (κ1) is 35.3. The predicted molar refractivity (Wildman–Crippen MR) is 198 cm³/mol. The number of hydrogen-bond acceptors (Lipinski definition) is 7. The molecule has 0 unspecified atom stereocenters. The number of nitrogens with one attached hydrogen (secondary N) is 1. The van der Waals surface area contributed by atoms with Gasteiger partial charge in [0.05, 0.1) is 29.0 Å². The fourth-order valence-corrected chi connectivity index (χ4v) is 6.73. The van der Waals surface area contributed by atoms with Gasteiger partial charge in [-0.2, -0.15) is 21.6 Å². The highest BCUT2D eigenvalue weighted by molar-refractivity contribution is 7.93. The number of nitrogens with zero attached hydrogens (tertiary/aromatic N) is 4. The molecule has 13 heteroatoms. The summed E-state index contributed by atoms with van der Waals surface area (Å²) in [5.41, 5.74) is 1.58. The summed E-state index contributed by atoms with van der Waals surface area (Å²) in [5.74, 6) is 0.357. The van der Waals surface area contributed by atoms with Gasteiger partial charge in [-0.05, 0) is 66.1 Å². The molecule has 0 amide bonds. The molecule has 0 aliphatic heterocycles. The van der Waals surface area contributed by atoms with Crippen molar-refractivity contribution in [2.24, 2.45) is 0 Å². The van der Waals surface area contributed by atoms with Crippen LogP contribution in [0.3, 0.4) is 0 Å². The molecule has 0 saturated carbocycles. The number of fused-ring (bicyclic) bond motifs is 2. The van der Waals surface area contributed by atoms with E-state index in [2.05, 4.69) is 4.98 Å². The highest BCUT2D eigenvalue weighted by atomic mass is 32.2. The van der Waals surface area contributed by atoms with Crippen molar-refractivity contribution in [1.82, 2.24) is 19.5 Å². The highest BCUT2D eigenvalue weighted by Crippen LogP contribution is 2.33. The smallest absolute Gasteiger partial charge is 0.457 e. The lowest BCUT2D eigenvalue weighted by molar-refractivity contribution is -0.0429. The average molecular weight is 736 g/mol. The van der Waals surface area contributed by atoms with Gasteiger partial charge in [-0.3, -0.25) is 4.72 Å². The molecule has 0 saturated heterocycles. The monoisotopic (exact) mass is 735 g/mol. The van der Waals surface area contributed by atoms with Gasteiger partial charge in [-0.1, -0.05) is 79.7 Å². The molecule has 0 spiro atoms. The normalized spacial score (nSPS) is 11.9. The van der Waals surface area contributed by atoms with Crippen LogP contribution in [-0.2, 0) is 34.3 Å². The Morgan fingerprint density at radius 1 is 0.830 bits per heavy atom. The summed E-state index contributed by atoms with van der Waals surface area (Å²) in [6.45, 7) is 4.33. The topological polar surface area (TPSA) is 116 Å². The highest BCUT2D eigenvalue weighted by Gasteiger charge is 2.46. The standard InChI is InChI=1S/C40H32F3N5O4S/c1-3-36-46-37-31(24-52-39(49)29-16-14-28(15-17-29)27-9-5-4-6-10-27)21-25(2)44-38(37)48(36)23-26-13-19-33-30(22-26)18-20-34(45-33)32-11-7-8-12-35(32)47-53(50,51)40(41,42)43/h4-22,47H,3,23-24H2,1-2H3. The SMILES string of the molecule is CCc1nc2c(COC(=O)c3ccc(-c4ccccc4)cc3)cc(C)nc2n1Cc1ccc2nc(-c3ccccc3NS(=O)(=O)C(F)(F)F)ccc2c1. The Hall–Kier alpha value is -6.08. The Kier molecular flexibility index (Phi) is 9.43. The summed E-state index contributed by atoms with van der Waals surface area (Å²) in [7, 11) is -5.62. The molecule has 4 aromatic carbocycles. The van der Waals surface area contributed by atoms with E-state index in [1.807, 2.05) is 79.1 Å². The van der Waals surface area contributed by atoms with Gasteiger partial charge < -0.3 is 9.30 Å². The van der Waals surface area contributed by atoms with Crippen molar-refractivity contribution < 1.29 is 31.1 Å². The minimum atomic E-state index is -5.62. The largest absolute Gasteiger partial charge is 0.516 e. The first-order valence-corrected chi connectivity index (χ1v) is 18.1. The van der Waals surface area contributed by atoms with Gasteiger partial charge in [-0.25, -0.2) is 19.7 Å². The van der Waals surface area contributed by atoms with Crippen LogP contribution in [0.4, 0.5) is 18.9 Å². The summed E-state index contributed by atoms with van der Waals surface area (Å²) >= 11 is 0. The van der Waals surface area contributed by atoms with Crippen molar-refractivity contribution in [2.45, 2.75) is 38.9 Å². The molecule has 0 bridgehead atoms. The summed E-state index contributed by atoms with van der Waals surface area (Å²) in [5, 5.41) is 0.774. The maximum Gasteiger partial charge on any atom is 0.516 e. The van der Waals surface area contributed by atoms with E-state index in [1.54, 1.807) is 41.1 Å². The Labute approximate surface area is 303 Å². The van der Waals surface area contributed by atoms with Crippen molar-refractivity contribution >= 4 is 43.7 Å². The number of pyridine rings is 2. The molecular formula is C40H32F3N5O4S. The van der Waals surface area contributed by atoms with Crippen LogP contribution in [0.5, 0.6) is 0 Å². The number of esters is 1. The minimum absolute atomic E-state index is 0.0179. The number of hydrogen-bond donors (Lipinski definition) is 1. The zero-order chi connectivity index (χ0) is 37.3. The van der Waals surface area contributed by atoms with Gasteiger partial charge in [0, 0.05) is 28.6 Å². The van der Waals surface area contributed by atoms with Crippen molar-refractivity contribution in [2.75, 3.05) is 4.72 Å². The first-order chi connectivity index (χ1) is 25.4. The molecule has 3 heterocycles. The molecule has 268 valence electrons. The van der Waals surface area contributed by atoms with Crippen LogP contribution in [0, 0.1) is 6.92 Å². The van der Waals surface area contributed by atoms with Crippen molar-refractivity contribution in [3.63, 3.8) is 0 Å². The Morgan fingerprint density at radius 3 is 2.28 bits per heavy atom. The number of aryl methyl sites for hydroxylation is 2. The lowest BCUT2D eigenvalue weighted by Crippen LogP contribution is -2.30. The van der Waals surface area contributed by atoms with E-state index in [4.69, 9.17) is 14.7 Å². The number of benzene rings is 4. The number of carbonyl (C=O) groups excluding carboxylic acids is 1. The van der Waals surface area contributed by atoms with Crippen molar-refractivity contribution in [3.8, 4) is 22.4 Å². The van der Waals surface area contributed by atoms with Gasteiger partial charge in [0.1, 0.15) is 17.9 Å². The number of sulfonamides is 1. The number of anilines is 1. The second-order valence-electron chi connectivity index (χ2n) is 12.4. The van der Waals surface area contributed by atoms with Crippen molar-refractivity contribution in [3.05, 3.63) is 143 Å². The summed E-state index contributed by atoms with van der Waals surface area (Å²) in [4.78, 5) is 27.4. The van der Waals surface area contributed by atoms with Gasteiger partial charge in [-0.15, -0.1) is 0 Å². The first-order valence-electron chi connectivity index (χ1n) is 16.7. The van der Waals surface area contributed by atoms with E-state index in [0.29, 0.717) is 40.9 Å². The van der Waals surface area contributed by atoms with Crippen LogP contribution in [0.2, 0.25) is 0 Å². The molecule has 53 heavy (non-hydrogen) atoms. The van der Waals surface area contributed by atoms with E-state index in [-0.39, 0.29) is 17.9 Å². The number of para-hydroxylation sites is 1. The van der Waals surface area contributed by atoms with Crippen LogP contribution in [-0.4, -0.2) is 39.4 Å². The third-order valence-electron chi connectivity index (χ3n) is 8.74. The van der Waals surface area contributed by atoms with E-state index in [9.17, 15) is 26.4 Å².